The van der Waals surface area contributed by atoms with Gasteiger partial charge in [0.25, 0.3) is 5.91 Å². The van der Waals surface area contributed by atoms with Crippen molar-refractivity contribution in [1.82, 2.24) is 15.2 Å². The van der Waals surface area contributed by atoms with Crippen molar-refractivity contribution in [2.45, 2.75) is 6.92 Å². The third-order valence-corrected chi connectivity index (χ3v) is 5.21. The number of hydrogen-bond acceptors (Lipinski definition) is 5. The first kappa shape index (κ1) is 13.0. The molecule has 1 N–H and O–H groups in total. The molecule has 2 atom stereocenters. The average molecular weight is 303 g/mol. The highest BCUT2D eigenvalue weighted by Crippen LogP contribution is 2.29. The van der Waals surface area contributed by atoms with E-state index < -0.39 is 0 Å². The molecule has 2 aliphatic rings. The molecule has 2 aliphatic heterocycles. The van der Waals surface area contributed by atoms with Gasteiger partial charge in [-0.3, -0.25) is 4.79 Å². The van der Waals surface area contributed by atoms with Gasteiger partial charge in [0, 0.05) is 31.6 Å². The number of likely N-dealkylation sites (tertiary alicyclic amines) is 1. The van der Waals surface area contributed by atoms with Crippen molar-refractivity contribution in [3.63, 3.8) is 0 Å². The molecule has 2 saturated heterocycles. The van der Waals surface area contributed by atoms with Crippen LogP contribution in [0.5, 0.6) is 0 Å². The number of thiazole rings is 1. The molecule has 0 aliphatic carbocycles. The van der Waals surface area contributed by atoms with Crippen LogP contribution in [0.1, 0.15) is 16.2 Å². The number of amides is 1. The summed E-state index contributed by atoms with van der Waals surface area (Å²) >= 11 is 1.46. The van der Waals surface area contributed by atoms with Crippen molar-refractivity contribution >= 4 is 17.2 Å². The van der Waals surface area contributed by atoms with E-state index in [0.29, 0.717) is 17.5 Å². The summed E-state index contributed by atoms with van der Waals surface area (Å²) in [7, 11) is 0. The number of aromatic nitrogens is 1. The van der Waals surface area contributed by atoms with Crippen molar-refractivity contribution in [3.05, 3.63) is 29.0 Å². The second-order valence-corrected chi connectivity index (χ2v) is 6.69. The van der Waals surface area contributed by atoms with Crippen LogP contribution in [0.25, 0.3) is 10.8 Å². The first-order valence-electron chi connectivity index (χ1n) is 7.23. The van der Waals surface area contributed by atoms with Gasteiger partial charge in [-0.1, -0.05) is 0 Å². The molecule has 1 amide bonds. The number of furan rings is 1. The number of carbonyl (C=O) groups is 1. The molecule has 0 unspecified atom stereocenters. The van der Waals surface area contributed by atoms with Crippen LogP contribution in [0.3, 0.4) is 0 Å². The Morgan fingerprint density at radius 1 is 1.38 bits per heavy atom. The molecule has 5 nitrogen and oxygen atoms in total. The first-order chi connectivity index (χ1) is 10.2. The van der Waals surface area contributed by atoms with Gasteiger partial charge in [0.05, 0.1) is 0 Å². The SMILES string of the molecule is Cc1ccc(-c2nc(C(=O)N3C[C@H]4CNC[C@H]4C3)cs2)o1. The molecule has 2 aromatic rings. The first-order valence-corrected chi connectivity index (χ1v) is 8.11. The standard InChI is InChI=1S/C15H17N3O2S/c1-9-2-3-13(20-9)14-17-12(8-21-14)15(19)18-6-10-4-16-5-11(10)7-18/h2-3,8,10-11,16H,4-7H2,1H3/t10-,11+. The summed E-state index contributed by atoms with van der Waals surface area (Å²) in [4.78, 5) is 18.9. The Kier molecular flexibility index (Phi) is 3.08. The lowest BCUT2D eigenvalue weighted by Crippen LogP contribution is -2.32. The van der Waals surface area contributed by atoms with Gasteiger partial charge < -0.3 is 14.6 Å². The number of nitrogens with zero attached hydrogens (tertiary/aromatic N) is 2. The number of nitrogens with one attached hydrogen (secondary N) is 1. The third-order valence-electron chi connectivity index (χ3n) is 4.35. The number of rotatable bonds is 2. The van der Waals surface area contributed by atoms with E-state index in [1.165, 1.54) is 11.3 Å². The number of fused-ring (bicyclic) bond motifs is 1. The molecular formula is C15H17N3O2S. The van der Waals surface area contributed by atoms with E-state index in [0.717, 1.165) is 42.7 Å². The van der Waals surface area contributed by atoms with E-state index in [4.69, 9.17) is 4.42 Å². The fourth-order valence-electron chi connectivity index (χ4n) is 3.22. The van der Waals surface area contributed by atoms with Gasteiger partial charge in [-0.2, -0.15) is 0 Å². The molecule has 110 valence electrons. The Hall–Kier alpha value is -1.66. The van der Waals surface area contributed by atoms with E-state index in [9.17, 15) is 4.79 Å². The fourth-order valence-corrected chi connectivity index (χ4v) is 3.97. The molecule has 2 aromatic heterocycles. The van der Waals surface area contributed by atoms with Crippen LogP contribution in [0.4, 0.5) is 0 Å². The fraction of sp³-hybridized carbons (Fsp3) is 0.467. The lowest BCUT2D eigenvalue weighted by atomic mass is 10.0. The monoisotopic (exact) mass is 303 g/mol. The minimum atomic E-state index is 0.0511. The molecule has 0 radical (unpaired) electrons. The summed E-state index contributed by atoms with van der Waals surface area (Å²) in [6.07, 6.45) is 0. The van der Waals surface area contributed by atoms with Gasteiger partial charge >= 0.3 is 0 Å². The van der Waals surface area contributed by atoms with Crippen molar-refractivity contribution in [2.75, 3.05) is 26.2 Å². The Morgan fingerprint density at radius 2 is 2.14 bits per heavy atom. The summed E-state index contributed by atoms with van der Waals surface area (Å²) in [5, 5.41) is 5.99. The topological polar surface area (TPSA) is 58.4 Å². The zero-order chi connectivity index (χ0) is 14.4. The van der Waals surface area contributed by atoms with Crippen molar-refractivity contribution < 1.29 is 9.21 Å². The number of carbonyl (C=O) groups excluding carboxylic acids is 1. The van der Waals surface area contributed by atoms with E-state index in [1.807, 2.05) is 29.3 Å². The molecule has 2 fully saturated rings. The normalized spacial score (nSPS) is 24.5. The van der Waals surface area contributed by atoms with Crippen LogP contribution in [0.15, 0.2) is 21.9 Å². The lowest BCUT2D eigenvalue weighted by molar-refractivity contribution is 0.0777. The van der Waals surface area contributed by atoms with Crippen LogP contribution >= 0.6 is 11.3 Å². The van der Waals surface area contributed by atoms with E-state index in [2.05, 4.69) is 10.3 Å². The van der Waals surface area contributed by atoms with Crippen molar-refractivity contribution in [1.29, 1.82) is 0 Å². The van der Waals surface area contributed by atoms with Gasteiger partial charge in [-0.05, 0) is 30.9 Å². The van der Waals surface area contributed by atoms with Crippen LogP contribution in [0, 0.1) is 18.8 Å². The highest BCUT2D eigenvalue weighted by molar-refractivity contribution is 7.13. The Bertz CT molecular complexity index is 666. The second kappa shape index (κ2) is 4.96. The Morgan fingerprint density at radius 3 is 2.81 bits per heavy atom. The van der Waals surface area contributed by atoms with Crippen molar-refractivity contribution in [3.8, 4) is 10.8 Å². The van der Waals surface area contributed by atoms with Gasteiger partial charge in [0.1, 0.15) is 11.5 Å². The number of hydrogen-bond donors (Lipinski definition) is 1. The van der Waals surface area contributed by atoms with Crippen molar-refractivity contribution in [2.24, 2.45) is 11.8 Å². The highest BCUT2D eigenvalue weighted by atomic mass is 32.1. The number of aryl methyl sites for hydroxylation is 1. The van der Waals surface area contributed by atoms with Crippen LogP contribution in [0.2, 0.25) is 0 Å². The molecule has 0 bridgehead atoms. The molecule has 4 rings (SSSR count). The smallest absolute Gasteiger partial charge is 0.273 e. The lowest BCUT2D eigenvalue weighted by Gasteiger charge is -2.15. The van der Waals surface area contributed by atoms with E-state index in [1.54, 1.807) is 0 Å². The van der Waals surface area contributed by atoms with Crippen LogP contribution in [-0.2, 0) is 0 Å². The molecule has 6 heteroatoms. The maximum Gasteiger partial charge on any atom is 0.273 e. The summed E-state index contributed by atoms with van der Waals surface area (Å²) < 4.78 is 5.56. The zero-order valence-corrected chi connectivity index (χ0v) is 12.7. The summed E-state index contributed by atoms with van der Waals surface area (Å²) in [5.41, 5.74) is 0.539. The minimum absolute atomic E-state index is 0.0511. The molecular weight excluding hydrogens is 286 g/mol. The van der Waals surface area contributed by atoms with Crippen LogP contribution < -0.4 is 5.32 Å². The summed E-state index contributed by atoms with van der Waals surface area (Å²) in [6.45, 7) is 5.66. The third kappa shape index (κ3) is 2.28. The van der Waals surface area contributed by atoms with Gasteiger partial charge in [0.15, 0.2) is 10.8 Å². The van der Waals surface area contributed by atoms with E-state index in [-0.39, 0.29) is 5.91 Å². The quantitative estimate of drug-likeness (QED) is 0.922. The molecule has 4 heterocycles. The zero-order valence-electron chi connectivity index (χ0n) is 11.8. The maximum absolute atomic E-state index is 12.5. The minimum Gasteiger partial charge on any atom is -0.459 e. The molecule has 0 aromatic carbocycles. The van der Waals surface area contributed by atoms with Gasteiger partial charge in [-0.25, -0.2) is 4.98 Å². The molecule has 21 heavy (non-hydrogen) atoms. The Balaban J connectivity index is 1.52. The molecule has 0 saturated carbocycles. The largest absolute Gasteiger partial charge is 0.459 e. The van der Waals surface area contributed by atoms with Gasteiger partial charge in [0.2, 0.25) is 0 Å². The Labute approximate surface area is 127 Å². The predicted molar refractivity (Wildman–Crippen MR) is 80.3 cm³/mol. The average Bonchev–Trinajstić information content (AvgIpc) is 3.20. The summed E-state index contributed by atoms with van der Waals surface area (Å²) in [5.74, 6) is 2.86. The van der Waals surface area contributed by atoms with Gasteiger partial charge in [-0.15, -0.1) is 11.3 Å². The summed E-state index contributed by atoms with van der Waals surface area (Å²) in [6, 6.07) is 3.81. The predicted octanol–water partition coefficient (Wildman–Crippen LogP) is 2.00. The van der Waals surface area contributed by atoms with E-state index >= 15 is 0 Å². The maximum atomic E-state index is 12.5. The molecule has 0 spiro atoms. The van der Waals surface area contributed by atoms with Crippen LogP contribution in [-0.4, -0.2) is 42.0 Å². The second-order valence-electron chi connectivity index (χ2n) is 5.84. The highest BCUT2D eigenvalue weighted by Gasteiger charge is 2.38.